The number of pyridine rings is 1. The minimum atomic E-state index is 0.932. The van der Waals surface area contributed by atoms with Gasteiger partial charge in [-0.05, 0) is 120 Å². The van der Waals surface area contributed by atoms with E-state index in [1.165, 1.54) is 64.6 Å². The van der Waals surface area contributed by atoms with Crippen molar-refractivity contribution in [3.63, 3.8) is 0 Å². The molecule has 0 aliphatic heterocycles. The standard InChI is InChI=1S/C47H29N3/c1-28-49-42-26-32(21-23-43(42)50(28)36-11-3-2-4-12-36)41-22-20-34(27-48-41)35-24-33-19-18-31-9-6-14-38-37-13-5-8-29-16-17-30-10-7-15-39(46(30)44(29)37)40(25-35)47(33)45(31)38/h2-27H,1H3. The summed E-state index contributed by atoms with van der Waals surface area (Å²) < 4.78 is 2.21. The Hall–Kier alpha value is -6.58. The van der Waals surface area contributed by atoms with E-state index in [0.717, 1.165) is 44.9 Å². The molecule has 0 saturated heterocycles. The van der Waals surface area contributed by atoms with Gasteiger partial charge in [0.1, 0.15) is 5.82 Å². The zero-order valence-corrected chi connectivity index (χ0v) is 27.4. The number of aromatic nitrogens is 3. The summed E-state index contributed by atoms with van der Waals surface area (Å²) in [5, 5.41) is 15.4. The summed E-state index contributed by atoms with van der Waals surface area (Å²) in [6, 6.07) is 55.3. The van der Waals surface area contributed by atoms with E-state index in [2.05, 4.69) is 157 Å². The van der Waals surface area contributed by atoms with Crippen molar-refractivity contribution in [2.24, 2.45) is 0 Å². The van der Waals surface area contributed by atoms with Crippen LogP contribution in [0, 0.1) is 6.92 Å². The molecule has 0 radical (unpaired) electrons. The van der Waals surface area contributed by atoms with E-state index in [0.29, 0.717) is 0 Å². The quantitative estimate of drug-likeness (QED) is 0.181. The molecule has 3 nitrogen and oxygen atoms in total. The Morgan fingerprint density at radius 3 is 1.68 bits per heavy atom. The van der Waals surface area contributed by atoms with E-state index in [4.69, 9.17) is 9.97 Å². The zero-order chi connectivity index (χ0) is 32.9. The first-order valence-electron chi connectivity index (χ1n) is 17.2. The highest BCUT2D eigenvalue weighted by Crippen LogP contribution is 2.44. The van der Waals surface area contributed by atoms with Gasteiger partial charge in [-0.3, -0.25) is 9.55 Å². The Balaban J connectivity index is 1.12. The van der Waals surface area contributed by atoms with Crippen LogP contribution in [0.1, 0.15) is 5.82 Å². The van der Waals surface area contributed by atoms with Gasteiger partial charge in [-0.2, -0.15) is 0 Å². The smallest absolute Gasteiger partial charge is 0.111 e. The van der Waals surface area contributed by atoms with Gasteiger partial charge < -0.3 is 0 Å². The lowest BCUT2D eigenvalue weighted by Crippen LogP contribution is -1.96. The van der Waals surface area contributed by atoms with Crippen LogP contribution in [0.5, 0.6) is 0 Å². The molecule has 0 spiro atoms. The van der Waals surface area contributed by atoms with Gasteiger partial charge in [0.2, 0.25) is 0 Å². The van der Waals surface area contributed by atoms with Crippen LogP contribution in [0.4, 0.5) is 0 Å². The lowest BCUT2D eigenvalue weighted by molar-refractivity contribution is 1.00. The number of rotatable bonds is 3. The minimum absolute atomic E-state index is 0.932. The lowest BCUT2D eigenvalue weighted by Gasteiger charge is -2.17. The molecule has 2 aromatic heterocycles. The fraction of sp³-hybridized carbons (Fsp3) is 0.0213. The van der Waals surface area contributed by atoms with Crippen LogP contribution < -0.4 is 0 Å². The predicted molar refractivity (Wildman–Crippen MR) is 211 cm³/mol. The third-order valence-corrected chi connectivity index (χ3v) is 10.7. The molecule has 0 saturated carbocycles. The highest BCUT2D eigenvalue weighted by atomic mass is 15.1. The lowest BCUT2D eigenvalue weighted by atomic mass is 9.86. The van der Waals surface area contributed by atoms with Crippen molar-refractivity contribution in [1.29, 1.82) is 0 Å². The number of hydrogen-bond donors (Lipinski definition) is 0. The predicted octanol–water partition coefficient (Wildman–Crippen LogP) is 12.4. The summed E-state index contributed by atoms with van der Waals surface area (Å²) in [5.74, 6) is 0.966. The van der Waals surface area contributed by atoms with Gasteiger partial charge >= 0.3 is 0 Å². The number of aryl methyl sites for hydroxylation is 1. The maximum absolute atomic E-state index is 5.02. The van der Waals surface area contributed by atoms with E-state index in [1.807, 2.05) is 12.3 Å². The van der Waals surface area contributed by atoms with Crippen LogP contribution in [0.3, 0.4) is 0 Å². The molecule has 0 bridgehead atoms. The van der Waals surface area contributed by atoms with Crippen molar-refractivity contribution < 1.29 is 0 Å². The van der Waals surface area contributed by atoms with Crippen molar-refractivity contribution in [3.05, 3.63) is 164 Å². The van der Waals surface area contributed by atoms with Gasteiger partial charge in [-0.15, -0.1) is 0 Å². The number of nitrogens with zero attached hydrogens (tertiary/aromatic N) is 3. The highest BCUT2D eigenvalue weighted by Gasteiger charge is 2.17. The number of hydrogen-bond acceptors (Lipinski definition) is 2. The summed E-state index contributed by atoms with van der Waals surface area (Å²) in [4.78, 5) is 9.92. The van der Waals surface area contributed by atoms with Crippen LogP contribution in [-0.2, 0) is 0 Å². The van der Waals surface area contributed by atoms with E-state index in [-0.39, 0.29) is 0 Å². The largest absolute Gasteiger partial charge is 0.297 e. The Morgan fingerprint density at radius 1 is 0.440 bits per heavy atom. The van der Waals surface area contributed by atoms with Crippen LogP contribution in [0.2, 0.25) is 0 Å². The maximum atomic E-state index is 5.02. The number of imidazole rings is 1. The van der Waals surface area contributed by atoms with E-state index >= 15 is 0 Å². The molecule has 0 atom stereocenters. The van der Waals surface area contributed by atoms with E-state index in [9.17, 15) is 0 Å². The number of fused-ring (bicyclic) bond motifs is 3. The Kier molecular flexibility index (Phi) is 5.59. The topological polar surface area (TPSA) is 30.7 Å². The Morgan fingerprint density at radius 2 is 1.04 bits per heavy atom. The van der Waals surface area contributed by atoms with Gasteiger partial charge in [-0.1, -0.05) is 109 Å². The molecule has 0 unspecified atom stereocenters. The minimum Gasteiger partial charge on any atom is -0.297 e. The molecule has 50 heavy (non-hydrogen) atoms. The van der Waals surface area contributed by atoms with E-state index < -0.39 is 0 Å². The summed E-state index contributed by atoms with van der Waals surface area (Å²) >= 11 is 0. The van der Waals surface area contributed by atoms with Gasteiger partial charge in [0.05, 0.1) is 16.7 Å². The summed E-state index contributed by atoms with van der Waals surface area (Å²) in [6.45, 7) is 2.06. The number of para-hydroxylation sites is 1. The summed E-state index contributed by atoms with van der Waals surface area (Å²) in [5.41, 5.74) is 7.42. The molecule has 0 fully saturated rings. The second-order valence-corrected chi connectivity index (χ2v) is 13.4. The molecule has 9 aromatic carbocycles. The van der Waals surface area contributed by atoms with Crippen molar-refractivity contribution in [3.8, 4) is 28.1 Å². The normalized spacial score (nSPS) is 12.1. The van der Waals surface area contributed by atoms with Crippen LogP contribution in [0.15, 0.2) is 158 Å². The second kappa shape index (κ2) is 10.2. The van der Waals surface area contributed by atoms with Crippen LogP contribution >= 0.6 is 0 Å². The summed E-state index contributed by atoms with van der Waals surface area (Å²) in [7, 11) is 0. The van der Waals surface area contributed by atoms with Crippen molar-refractivity contribution >= 4 is 75.7 Å². The molecule has 0 aliphatic carbocycles. The molecular weight excluding hydrogens is 607 g/mol. The summed E-state index contributed by atoms with van der Waals surface area (Å²) in [6.07, 6.45) is 2.02. The first-order chi connectivity index (χ1) is 24.7. The Bertz CT molecular complexity index is 3130. The molecule has 11 aromatic rings. The maximum Gasteiger partial charge on any atom is 0.111 e. The van der Waals surface area contributed by atoms with E-state index in [1.54, 1.807) is 0 Å². The molecule has 0 aliphatic rings. The highest BCUT2D eigenvalue weighted by molar-refractivity contribution is 6.37. The average molecular weight is 636 g/mol. The molecule has 3 heteroatoms. The van der Waals surface area contributed by atoms with Gasteiger partial charge in [0.15, 0.2) is 0 Å². The average Bonchev–Trinajstić information content (AvgIpc) is 3.51. The second-order valence-electron chi connectivity index (χ2n) is 13.4. The monoisotopic (exact) mass is 635 g/mol. The Labute approximate surface area is 288 Å². The van der Waals surface area contributed by atoms with Crippen molar-refractivity contribution in [1.82, 2.24) is 14.5 Å². The molecule has 11 rings (SSSR count). The molecule has 2 heterocycles. The molecule has 0 amide bonds. The first-order valence-corrected chi connectivity index (χ1v) is 17.2. The number of benzene rings is 8. The molecular formula is C47H29N3. The zero-order valence-electron chi connectivity index (χ0n) is 27.4. The first kappa shape index (κ1) is 27.4. The van der Waals surface area contributed by atoms with Crippen molar-refractivity contribution in [2.75, 3.05) is 0 Å². The van der Waals surface area contributed by atoms with Crippen LogP contribution in [-0.4, -0.2) is 14.5 Å². The third kappa shape index (κ3) is 3.86. The SMILES string of the molecule is Cc1nc2cc(-c3ccc(-c4cc5ccc6cccc7c8cccc9ccc%10cccc(c(c4)c5c67)c%10c98)cn3)ccc2n1-c1ccccc1. The van der Waals surface area contributed by atoms with Gasteiger partial charge in [0, 0.05) is 23.0 Å². The van der Waals surface area contributed by atoms with Crippen LogP contribution in [0.25, 0.3) is 104 Å². The molecule has 232 valence electrons. The van der Waals surface area contributed by atoms with Gasteiger partial charge in [-0.25, -0.2) is 4.98 Å². The third-order valence-electron chi connectivity index (χ3n) is 10.7. The van der Waals surface area contributed by atoms with Gasteiger partial charge in [0.25, 0.3) is 0 Å². The molecule has 0 N–H and O–H groups in total. The fourth-order valence-electron chi connectivity index (χ4n) is 8.45. The van der Waals surface area contributed by atoms with Crippen molar-refractivity contribution in [2.45, 2.75) is 6.92 Å². The fourth-order valence-corrected chi connectivity index (χ4v) is 8.45.